The van der Waals surface area contributed by atoms with Gasteiger partial charge in [-0.25, -0.2) is 4.39 Å². The molecule has 0 spiro atoms. The van der Waals surface area contributed by atoms with Crippen LogP contribution in [-0.4, -0.2) is 28.9 Å². The average Bonchev–Trinajstić information content (AvgIpc) is 2.84. The summed E-state index contributed by atoms with van der Waals surface area (Å²) in [5.41, 5.74) is 0.443. The van der Waals surface area contributed by atoms with Gasteiger partial charge in [0.15, 0.2) is 4.34 Å². The number of carbonyl (C=O) groups is 1. The van der Waals surface area contributed by atoms with Gasteiger partial charge in [-0.2, -0.15) is 0 Å². The molecule has 1 heterocycles. The maximum atomic E-state index is 12.9. The lowest BCUT2D eigenvalue weighted by Crippen LogP contribution is -2.13. The van der Waals surface area contributed by atoms with Crippen molar-refractivity contribution in [2.45, 2.75) is 4.34 Å². The molecule has 0 fully saturated rings. The van der Waals surface area contributed by atoms with E-state index in [2.05, 4.69) is 20.8 Å². The van der Waals surface area contributed by atoms with Gasteiger partial charge in [0, 0.05) is 12.7 Å². The molecule has 0 unspecified atom stereocenters. The topological polar surface area (TPSA) is 66.9 Å². The van der Waals surface area contributed by atoms with Crippen molar-refractivity contribution in [1.29, 1.82) is 0 Å². The van der Waals surface area contributed by atoms with Crippen molar-refractivity contribution in [2.75, 3.05) is 23.4 Å². The van der Waals surface area contributed by atoms with Gasteiger partial charge in [-0.15, -0.1) is 10.2 Å². The van der Waals surface area contributed by atoms with Crippen LogP contribution in [0, 0.1) is 5.82 Å². The monoisotopic (exact) mass is 298 g/mol. The lowest BCUT2D eigenvalue weighted by molar-refractivity contribution is -0.113. The van der Waals surface area contributed by atoms with E-state index in [1.807, 2.05) is 0 Å². The summed E-state index contributed by atoms with van der Waals surface area (Å²) < 4.78 is 13.6. The molecule has 1 aromatic heterocycles. The van der Waals surface area contributed by atoms with Gasteiger partial charge in [-0.3, -0.25) is 4.79 Å². The number of hydrogen-bond donors (Lipinski definition) is 2. The van der Waals surface area contributed by atoms with E-state index in [9.17, 15) is 9.18 Å². The number of nitrogens with one attached hydrogen (secondary N) is 2. The number of carbonyl (C=O) groups excluding carboxylic acids is 1. The Balaban J connectivity index is 1.84. The van der Waals surface area contributed by atoms with Gasteiger partial charge >= 0.3 is 0 Å². The summed E-state index contributed by atoms with van der Waals surface area (Å²) in [5.74, 6) is -0.389. The Morgan fingerprint density at radius 2 is 2.32 bits per heavy atom. The maximum absolute atomic E-state index is 12.9. The van der Waals surface area contributed by atoms with Gasteiger partial charge in [0.05, 0.1) is 5.75 Å². The lowest BCUT2D eigenvalue weighted by Gasteiger charge is -2.03. The average molecular weight is 298 g/mol. The van der Waals surface area contributed by atoms with Crippen LogP contribution in [0.3, 0.4) is 0 Å². The number of anilines is 2. The second kappa shape index (κ2) is 6.48. The largest absolute Gasteiger partial charge is 0.363 e. The molecular formula is C11H11FN4OS2. The minimum Gasteiger partial charge on any atom is -0.363 e. The summed E-state index contributed by atoms with van der Waals surface area (Å²) in [6, 6.07) is 5.77. The Morgan fingerprint density at radius 1 is 1.47 bits per heavy atom. The molecule has 0 radical (unpaired) electrons. The number of rotatable bonds is 5. The molecule has 0 aliphatic rings. The van der Waals surface area contributed by atoms with Crippen LogP contribution in [-0.2, 0) is 4.79 Å². The van der Waals surface area contributed by atoms with Gasteiger partial charge in [0.25, 0.3) is 0 Å². The van der Waals surface area contributed by atoms with Crippen LogP contribution in [0.15, 0.2) is 28.6 Å². The Labute approximate surface area is 117 Å². The highest BCUT2D eigenvalue weighted by Gasteiger charge is 2.08. The summed E-state index contributed by atoms with van der Waals surface area (Å²) in [7, 11) is 1.76. The maximum Gasteiger partial charge on any atom is 0.234 e. The molecule has 2 N–H and O–H groups in total. The Bertz CT molecular complexity index is 575. The zero-order valence-electron chi connectivity index (χ0n) is 10.0. The summed E-state index contributed by atoms with van der Waals surface area (Å²) in [6.07, 6.45) is 0. The Kier molecular flexibility index (Phi) is 4.69. The van der Waals surface area contributed by atoms with Gasteiger partial charge < -0.3 is 10.6 Å². The van der Waals surface area contributed by atoms with Crippen molar-refractivity contribution in [3.8, 4) is 0 Å². The molecule has 100 valence electrons. The highest BCUT2D eigenvalue weighted by Crippen LogP contribution is 2.25. The summed E-state index contributed by atoms with van der Waals surface area (Å²) in [5, 5.41) is 14.0. The SMILES string of the molecule is CNc1nnc(SCC(=O)Nc2cccc(F)c2)s1. The highest BCUT2D eigenvalue weighted by atomic mass is 32.2. The van der Waals surface area contributed by atoms with Crippen molar-refractivity contribution in [3.63, 3.8) is 0 Å². The molecule has 8 heteroatoms. The third-order valence-corrected chi connectivity index (χ3v) is 4.13. The zero-order valence-corrected chi connectivity index (χ0v) is 11.6. The van der Waals surface area contributed by atoms with Crippen molar-refractivity contribution in [3.05, 3.63) is 30.1 Å². The van der Waals surface area contributed by atoms with Crippen LogP contribution in [0.1, 0.15) is 0 Å². The standard InChI is InChI=1S/C11H11FN4OS2/c1-13-10-15-16-11(19-10)18-6-9(17)14-8-4-2-3-7(12)5-8/h2-5H,6H2,1H3,(H,13,15)(H,14,17). The first kappa shape index (κ1) is 13.8. The Morgan fingerprint density at radius 3 is 3.00 bits per heavy atom. The fraction of sp³-hybridized carbons (Fsp3) is 0.182. The zero-order chi connectivity index (χ0) is 13.7. The number of halogens is 1. The molecule has 0 atom stereocenters. The molecule has 0 saturated heterocycles. The van der Waals surface area contributed by atoms with E-state index in [1.54, 1.807) is 19.2 Å². The molecule has 2 rings (SSSR count). The third-order valence-electron chi connectivity index (χ3n) is 2.06. The highest BCUT2D eigenvalue weighted by molar-refractivity contribution is 8.01. The smallest absolute Gasteiger partial charge is 0.234 e. The fourth-order valence-electron chi connectivity index (χ4n) is 1.26. The van der Waals surface area contributed by atoms with E-state index < -0.39 is 0 Å². The first-order chi connectivity index (χ1) is 9.17. The fourth-order valence-corrected chi connectivity index (χ4v) is 2.77. The van der Waals surface area contributed by atoms with Crippen LogP contribution in [0.5, 0.6) is 0 Å². The van der Waals surface area contributed by atoms with Crippen LogP contribution in [0.2, 0.25) is 0 Å². The molecule has 0 aliphatic heterocycles. The number of aromatic nitrogens is 2. The summed E-state index contributed by atoms with van der Waals surface area (Å²) >= 11 is 2.66. The van der Waals surface area contributed by atoms with E-state index in [-0.39, 0.29) is 17.5 Å². The van der Waals surface area contributed by atoms with E-state index in [1.165, 1.54) is 35.2 Å². The third kappa shape index (κ3) is 4.18. The van der Waals surface area contributed by atoms with E-state index in [0.29, 0.717) is 15.2 Å². The molecular weight excluding hydrogens is 287 g/mol. The minimum atomic E-state index is -0.381. The molecule has 2 aromatic rings. The number of nitrogens with zero attached hydrogens (tertiary/aromatic N) is 2. The number of benzene rings is 1. The second-order valence-electron chi connectivity index (χ2n) is 3.47. The van der Waals surface area contributed by atoms with Crippen molar-refractivity contribution >= 4 is 39.8 Å². The van der Waals surface area contributed by atoms with E-state index >= 15 is 0 Å². The molecule has 1 amide bonds. The van der Waals surface area contributed by atoms with Gasteiger partial charge in [-0.1, -0.05) is 29.2 Å². The molecule has 19 heavy (non-hydrogen) atoms. The molecule has 0 bridgehead atoms. The van der Waals surface area contributed by atoms with Crippen LogP contribution >= 0.6 is 23.1 Å². The second-order valence-corrected chi connectivity index (χ2v) is 5.67. The van der Waals surface area contributed by atoms with Crippen molar-refractivity contribution in [1.82, 2.24) is 10.2 Å². The predicted molar refractivity (Wildman–Crippen MR) is 75.2 cm³/mol. The van der Waals surface area contributed by atoms with Crippen molar-refractivity contribution < 1.29 is 9.18 Å². The van der Waals surface area contributed by atoms with Gasteiger partial charge in [0.1, 0.15) is 5.82 Å². The summed E-state index contributed by atoms with van der Waals surface area (Å²) in [6.45, 7) is 0. The minimum absolute atomic E-state index is 0.203. The van der Waals surface area contributed by atoms with Crippen LogP contribution in [0.4, 0.5) is 15.2 Å². The van der Waals surface area contributed by atoms with Gasteiger partial charge in [0.2, 0.25) is 11.0 Å². The summed E-state index contributed by atoms with van der Waals surface area (Å²) in [4.78, 5) is 11.7. The Hall–Kier alpha value is -1.67. The predicted octanol–water partition coefficient (Wildman–Crippen LogP) is 2.45. The van der Waals surface area contributed by atoms with Gasteiger partial charge in [-0.05, 0) is 18.2 Å². The van der Waals surface area contributed by atoms with Crippen LogP contribution in [0.25, 0.3) is 0 Å². The number of hydrogen-bond acceptors (Lipinski definition) is 6. The molecule has 0 aliphatic carbocycles. The molecule has 1 aromatic carbocycles. The van der Waals surface area contributed by atoms with E-state index in [4.69, 9.17) is 0 Å². The first-order valence-corrected chi connectivity index (χ1v) is 7.17. The van der Waals surface area contributed by atoms with E-state index in [0.717, 1.165) is 0 Å². The molecule has 5 nitrogen and oxygen atoms in total. The number of amides is 1. The number of thioether (sulfide) groups is 1. The van der Waals surface area contributed by atoms with Crippen molar-refractivity contribution in [2.24, 2.45) is 0 Å². The normalized spacial score (nSPS) is 10.2. The quantitative estimate of drug-likeness (QED) is 0.830. The van der Waals surface area contributed by atoms with Crippen LogP contribution < -0.4 is 10.6 Å². The molecule has 0 saturated carbocycles. The first-order valence-electron chi connectivity index (χ1n) is 5.37. The lowest BCUT2D eigenvalue weighted by atomic mass is 10.3.